The molecule has 0 radical (unpaired) electrons. The molecule has 1 fully saturated rings. The summed E-state index contributed by atoms with van der Waals surface area (Å²) >= 11 is 0. The number of esters is 1. The first-order valence-corrected chi connectivity index (χ1v) is 13.1. The summed E-state index contributed by atoms with van der Waals surface area (Å²) in [6, 6.07) is 23.0. The third-order valence-corrected chi connectivity index (χ3v) is 7.73. The predicted octanol–water partition coefficient (Wildman–Crippen LogP) is 5.74. The number of ketones is 1. The maximum Gasteiger partial charge on any atom is 0.336 e. The zero-order valence-corrected chi connectivity index (χ0v) is 21.9. The molecule has 0 amide bonds. The van der Waals surface area contributed by atoms with Crippen molar-refractivity contribution in [1.82, 2.24) is 0 Å². The molecular formula is C32H29NO6. The summed E-state index contributed by atoms with van der Waals surface area (Å²) < 4.78 is 22.2. The Labute approximate surface area is 227 Å². The summed E-state index contributed by atoms with van der Waals surface area (Å²) in [4.78, 5) is 32.3. The summed E-state index contributed by atoms with van der Waals surface area (Å²) in [5.41, 5.74) is 4.55. The number of rotatable bonds is 6. The van der Waals surface area contributed by atoms with E-state index in [-0.39, 0.29) is 25.1 Å². The van der Waals surface area contributed by atoms with Crippen LogP contribution in [-0.2, 0) is 20.9 Å². The van der Waals surface area contributed by atoms with E-state index < -0.39 is 17.8 Å². The second kappa shape index (κ2) is 10.4. The largest absolute Gasteiger partial charge is 0.497 e. The molecule has 7 heteroatoms. The third-order valence-electron chi connectivity index (χ3n) is 7.73. The molecule has 3 aromatic rings. The lowest BCUT2D eigenvalue weighted by molar-refractivity contribution is -0.140. The lowest BCUT2D eigenvalue weighted by Crippen LogP contribution is -2.41. The van der Waals surface area contributed by atoms with Gasteiger partial charge in [0.15, 0.2) is 11.5 Å². The minimum Gasteiger partial charge on any atom is -0.497 e. The molecule has 3 aliphatic rings. The van der Waals surface area contributed by atoms with Gasteiger partial charge in [0.1, 0.15) is 18.1 Å². The number of fused-ring (bicyclic) bond motifs is 2. The monoisotopic (exact) mass is 523 g/mol. The van der Waals surface area contributed by atoms with Crippen LogP contribution in [0.1, 0.15) is 48.3 Å². The Balaban J connectivity index is 1.37. The van der Waals surface area contributed by atoms with Gasteiger partial charge in [0.2, 0.25) is 6.79 Å². The van der Waals surface area contributed by atoms with Gasteiger partial charge in [0, 0.05) is 23.7 Å². The molecule has 2 heterocycles. The first kappa shape index (κ1) is 24.9. The van der Waals surface area contributed by atoms with Crippen LogP contribution in [0.25, 0.3) is 0 Å². The molecule has 0 spiro atoms. The second-order valence-electron chi connectivity index (χ2n) is 10.1. The zero-order valence-electron chi connectivity index (χ0n) is 21.9. The van der Waals surface area contributed by atoms with Crippen molar-refractivity contribution in [3.8, 4) is 17.2 Å². The molecule has 1 saturated carbocycles. The number of ether oxygens (including phenoxy) is 4. The Morgan fingerprint density at radius 3 is 2.44 bits per heavy atom. The Morgan fingerprint density at radius 1 is 0.923 bits per heavy atom. The van der Waals surface area contributed by atoms with Crippen LogP contribution in [0.4, 0.5) is 0 Å². The van der Waals surface area contributed by atoms with Gasteiger partial charge in [0.05, 0.1) is 18.6 Å². The standard InChI is InChI=1S/C32H29NO6/c1-19-29(32(35)37-17-20-6-4-3-5-7-20)30(22-10-13-27-28(16-22)39-18-38-27)31-25(33-19)14-23(15-26(31)34)21-8-11-24(36-2)12-9-21/h3-13,16,23,30-31H,14-15,17-18H2,1-2H3. The first-order valence-electron chi connectivity index (χ1n) is 13.1. The van der Waals surface area contributed by atoms with Crippen LogP contribution in [0.5, 0.6) is 17.2 Å². The number of methoxy groups -OCH3 is 1. The lowest BCUT2D eigenvalue weighted by atomic mass is 9.66. The topological polar surface area (TPSA) is 83.4 Å². The summed E-state index contributed by atoms with van der Waals surface area (Å²) in [5, 5.41) is 0. The molecule has 3 atom stereocenters. The number of nitrogens with zero attached hydrogens (tertiary/aromatic N) is 1. The molecule has 2 aliphatic heterocycles. The number of allylic oxidation sites excluding steroid dienone is 1. The van der Waals surface area contributed by atoms with Gasteiger partial charge in [-0.25, -0.2) is 4.79 Å². The molecule has 0 bridgehead atoms. The van der Waals surface area contributed by atoms with Crippen molar-refractivity contribution in [1.29, 1.82) is 0 Å². The van der Waals surface area contributed by atoms with Crippen LogP contribution >= 0.6 is 0 Å². The summed E-state index contributed by atoms with van der Waals surface area (Å²) in [5.74, 6) is 0.542. The molecule has 39 heavy (non-hydrogen) atoms. The number of aliphatic imine (C=N–C) groups is 1. The fourth-order valence-electron chi connectivity index (χ4n) is 5.82. The lowest BCUT2D eigenvalue weighted by Gasteiger charge is -2.38. The van der Waals surface area contributed by atoms with Crippen molar-refractivity contribution < 1.29 is 28.5 Å². The van der Waals surface area contributed by atoms with Crippen molar-refractivity contribution >= 4 is 17.5 Å². The van der Waals surface area contributed by atoms with E-state index in [9.17, 15) is 9.59 Å². The number of Topliss-reactive ketones (excluding diaryl/α,β-unsaturated/α-hetero) is 1. The summed E-state index contributed by atoms with van der Waals surface area (Å²) in [6.45, 7) is 2.10. The minimum absolute atomic E-state index is 0.00944. The second-order valence-corrected chi connectivity index (χ2v) is 10.1. The van der Waals surface area contributed by atoms with E-state index in [1.807, 2.05) is 79.7 Å². The molecular weight excluding hydrogens is 494 g/mol. The van der Waals surface area contributed by atoms with Gasteiger partial charge in [-0.2, -0.15) is 0 Å². The molecule has 0 N–H and O–H groups in total. The molecule has 3 unspecified atom stereocenters. The van der Waals surface area contributed by atoms with Gasteiger partial charge >= 0.3 is 5.97 Å². The van der Waals surface area contributed by atoms with E-state index in [1.54, 1.807) is 7.11 Å². The van der Waals surface area contributed by atoms with E-state index in [0.717, 1.165) is 28.2 Å². The summed E-state index contributed by atoms with van der Waals surface area (Å²) in [7, 11) is 1.63. The Bertz CT molecular complexity index is 1470. The van der Waals surface area contributed by atoms with E-state index in [0.29, 0.717) is 35.6 Å². The molecule has 198 valence electrons. The van der Waals surface area contributed by atoms with Crippen molar-refractivity contribution in [2.75, 3.05) is 13.9 Å². The molecule has 3 aromatic carbocycles. The van der Waals surface area contributed by atoms with Gasteiger partial charge in [-0.05, 0) is 60.2 Å². The predicted molar refractivity (Wildman–Crippen MR) is 145 cm³/mol. The maximum absolute atomic E-state index is 13.9. The van der Waals surface area contributed by atoms with Crippen molar-refractivity contribution in [2.45, 2.75) is 38.2 Å². The zero-order chi connectivity index (χ0) is 26.9. The highest BCUT2D eigenvalue weighted by molar-refractivity contribution is 6.12. The number of hydrogen-bond acceptors (Lipinski definition) is 7. The number of benzene rings is 3. The average molecular weight is 524 g/mol. The molecule has 1 aliphatic carbocycles. The SMILES string of the molecule is COc1ccc(C2CC(=O)C3C(=NC(C)=C(C(=O)OCc4ccccc4)C3c3ccc4c(c3)OCO4)C2)cc1. The van der Waals surface area contributed by atoms with Crippen LogP contribution < -0.4 is 14.2 Å². The van der Waals surface area contributed by atoms with E-state index >= 15 is 0 Å². The molecule has 7 nitrogen and oxygen atoms in total. The van der Waals surface area contributed by atoms with Crippen LogP contribution in [0.2, 0.25) is 0 Å². The number of carbonyl (C=O) groups is 2. The van der Waals surface area contributed by atoms with E-state index in [4.69, 9.17) is 23.9 Å². The highest BCUT2D eigenvalue weighted by Crippen LogP contribution is 2.48. The van der Waals surface area contributed by atoms with Crippen molar-refractivity contribution in [3.05, 3.63) is 101 Å². The Kier molecular flexibility index (Phi) is 6.65. The number of carbonyl (C=O) groups excluding carboxylic acids is 2. The van der Waals surface area contributed by atoms with E-state index in [2.05, 4.69) is 0 Å². The fourth-order valence-corrected chi connectivity index (χ4v) is 5.82. The maximum atomic E-state index is 13.9. The highest BCUT2D eigenvalue weighted by Gasteiger charge is 2.46. The van der Waals surface area contributed by atoms with Gasteiger partial charge in [-0.15, -0.1) is 0 Å². The summed E-state index contributed by atoms with van der Waals surface area (Å²) in [6.07, 6.45) is 0.996. The normalized spacial score (nSPS) is 21.7. The van der Waals surface area contributed by atoms with Gasteiger partial charge in [0.25, 0.3) is 0 Å². The van der Waals surface area contributed by atoms with Crippen LogP contribution in [0.15, 0.2) is 89.1 Å². The van der Waals surface area contributed by atoms with Crippen molar-refractivity contribution in [3.63, 3.8) is 0 Å². The van der Waals surface area contributed by atoms with Gasteiger partial charge in [-0.1, -0.05) is 48.5 Å². The van der Waals surface area contributed by atoms with Crippen LogP contribution in [0, 0.1) is 5.92 Å². The third kappa shape index (κ3) is 4.80. The van der Waals surface area contributed by atoms with E-state index in [1.165, 1.54) is 0 Å². The fraction of sp³-hybridized carbons (Fsp3) is 0.281. The van der Waals surface area contributed by atoms with Crippen molar-refractivity contribution in [2.24, 2.45) is 10.9 Å². The minimum atomic E-state index is -0.553. The van der Waals surface area contributed by atoms with Gasteiger partial charge < -0.3 is 18.9 Å². The molecule has 0 saturated heterocycles. The smallest absolute Gasteiger partial charge is 0.336 e. The molecule has 0 aromatic heterocycles. The first-order chi connectivity index (χ1) is 19.0. The van der Waals surface area contributed by atoms with Crippen LogP contribution in [0.3, 0.4) is 0 Å². The Hall–Kier alpha value is -4.39. The highest BCUT2D eigenvalue weighted by atomic mass is 16.7. The Morgan fingerprint density at radius 2 is 1.67 bits per heavy atom. The average Bonchev–Trinajstić information content (AvgIpc) is 3.44. The van der Waals surface area contributed by atoms with Crippen LogP contribution in [-0.4, -0.2) is 31.4 Å². The molecule has 6 rings (SSSR count). The quantitative estimate of drug-likeness (QED) is 0.383. The number of hydrogen-bond donors (Lipinski definition) is 0. The van der Waals surface area contributed by atoms with Gasteiger partial charge in [-0.3, -0.25) is 9.79 Å².